The van der Waals surface area contributed by atoms with Crippen molar-refractivity contribution in [2.24, 2.45) is 5.92 Å². The molecular weight excluding hydrogens is 460 g/mol. The predicted molar refractivity (Wildman–Crippen MR) is 137 cm³/mol. The van der Waals surface area contributed by atoms with Crippen molar-refractivity contribution in [2.75, 3.05) is 32.8 Å². The number of aromatic nitrogens is 2. The summed E-state index contributed by atoms with van der Waals surface area (Å²) in [4.78, 5) is 25.1. The third kappa shape index (κ3) is 7.02. The van der Waals surface area contributed by atoms with Gasteiger partial charge in [0.05, 0.1) is 24.6 Å². The number of ether oxygens (including phenoxy) is 2. The van der Waals surface area contributed by atoms with Crippen LogP contribution < -0.4 is 10.1 Å². The lowest BCUT2D eigenvalue weighted by Crippen LogP contribution is -2.38. The van der Waals surface area contributed by atoms with Crippen molar-refractivity contribution in [3.05, 3.63) is 39.5 Å². The van der Waals surface area contributed by atoms with Crippen LogP contribution in [0.25, 0.3) is 0 Å². The van der Waals surface area contributed by atoms with Crippen molar-refractivity contribution in [3.63, 3.8) is 0 Å². The molecule has 1 saturated carbocycles. The van der Waals surface area contributed by atoms with Crippen molar-refractivity contribution in [1.82, 2.24) is 20.2 Å². The van der Waals surface area contributed by atoms with Crippen LogP contribution in [0.15, 0.2) is 18.3 Å². The molecule has 1 amide bonds. The maximum atomic E-state index is 12.4. The summed E-state index contributed by atoms with van der Waals surface area (Å²) in [6.07, 6.45) is 11.3. The van der Waals surface area contributed by atoms with Crippen molar-refractivity contribution in [3.8, 4) is 5.88 Å². The van der Waals surface area contributed by atoms with Crippen LogP contribution in [0.1, 0.15) is 59.7 Å². The molecular formula is C27H38N4O3S. The molecule has 0 radical (unpaired) electrons. The summed E-state index contributed by atoms with van der Waals surface area (Å²) in [7, 11) is 0. The highest BCUT2D eigenvalue weighted by Gasteiger charge is 2.24. The van der Waals surface area contributed by atoms with E-state index in [9.17, 15) is 4.79 Å². The molecule has 35 heavy (non-hydrogen) atoms. The highest BCUT2D eigenvalue weighted by molar-refractivity contribution is 7.11. The highest BCUT2D eigenvalue weighted by atomic mass is 32.1. The van der Waals surface area contributed by atoms with Gasteiger partial charge in [-0.25, -0.2) is 9.97 Å². The van der Waals surface area contributed by atoms with Crippen molar-refractivity contribution >= 4 is 17.2 Å². The van der Waals surface area contributed by atoms with E-state index >= 15 is 0 Å². The first-order valence-corrected chi connectivity index (χ1v) is 14.1. The summed E-state index contributed by atoms with van der Waals surface area (Å²) >= 11 is 1.61. The summed E-state index contributed by atoms with van der Waals surface area (Å²) in [5.41, 5.74) is 2.57. The highest BCUT2D eigenvalue weighted by Crippen LogP contribution is 2.28. The molecule has 2 aromatic rings. The van der Waals surface area contributed by atoms with Crippen LogP contribution in [0.3, 0.4) is 0 Å². The van der Waals surface area contributed by atoms with Crippen molar-refractivity contribution in [1.29, 1.82) is 0 Å². The van der Waals surface area contributed by atoms with Crippen molar-refractivity contribution in [2.45, 2.75) is 76.9 Å². The molecule has 0 aromatic carbocycles. The van der Waals surface area contributed by atoms with E-state index in [0.717, 1.165) is 80.0 Å². The van der Waals surface area contributed by atoms with Gasteiger partial charge in [-0.1, -0.05) is 6.07 Å². The van der Waals surface area contributed by atoms with E-state index in [1.54, 1.807) is 11.3 Å². The molecule has 7 nitrogen and oxygen atoms in total. The molecule has 2 aromatic heterocycles. The zero-order valence-corrected chi connectivity index (χ0v) is 21.7. The zero-order chi connectivity index (χ0) is 24.0. The molecule has 2 fully saturated rings. The number of hydrogen-bond donors (Lipinski definition) is 1. The van der Waals surface area contributed by atoms with E-state index in [0.29, 0.717) is 19.1 Å². The van der Waals surface area contributed by atoms with Crippen LogP contribution in [0.2, 0.25) is 0 Å². The number of thiazole rings is 1. The quantitative estimate of drug-likeness (QED) is 0.598. The summed E-state index contributed by atoms with van der Waals surface area (Å²) in [6.45, 7) is 6.77. The molecule has 0 bridgehead atoms. The summed E-state index contributed by atoms with van der Waals surface area (Å²) in [5, 5.41) is 4.27. The van der Waals surface area contributed by atoms with Gasteiger partial charge in [0.1, 0.15) is 6.10 Å². The van der Waals surface area contributed by atoms with E-state index in [1.165, 1.54) is 30.5 Å². The maximum absolute atomic E-state index is 12.4. The molecule has 1 unspecified atom stereocenters. The smallest absolute Gasteiger partial charge is 0.225 e. The van der Waals surface area contributed by atoms with Crippen LogP contribution >= 0.6 is 11.3 Å². The van der Waals surface area contributed by atoms with Gasteiger partial charge in [0.25, 0.3) is 0 Å². The van der Waals surface area contributed by atoms with Gasteiger partial charge in [-0.3, -0.25) is 4.79 Å². The SMILES string of the molecule is Cc1ncc(CC(=O)N[C@H]2CC[C@H](CCN3CCc4ccc(OC5CCOC5)nc4CC3)CC2)s1. The molecule has 2 aliphatic heterocycles. The minimum absolute atomic E-state index is 0.139. The normalized spacial score (nSPS) is 25.1. The Bertz CT molecular complexity index is 983. The number of aryl methyl sites for hydroxylation is 1. The predicted octanol–water partition coefficient (Wildman–Crippen LogP) is 3.72. The molecule has 1 saturated heterocycles. The molecule has 0 spiro atoms. The monoisotopic (exact) mass is 498 g/mol. The van der Waals surface area contributed by atoms with E-state index in [2.05, 4.69) is 21.3 Å². The number of rotatable bonds is 8. The number of pyridine rings is 1. The van der Waals surface area contributed by atoms with E-state index < -0.39 is 0 Å². The Balaban J connectivity index is 1.01. The average molecular weight is 499 g/mol. The van der Waals surface area contributed by atoms with Crippen LogP contribution in [-0.2, 0) is 28.8 Å². The number of amides is 1. The lowest BCUT2D eigenvalue weighted by molar-refractivity contribution is -0.121. The topological polar surface area (TPSA) is 76.6 Å². The number of nitrogens with zero attached hydrogens (tertiary/aromatic N) is 3. The maximum Gasteiger partial charge on any atom is 0.225 e. The molecule has 1 aliphatic carbocycles. The van der Waals surface area contributed by atoms with Crippen LogP contribution in [0.4, 0.5) is 0 Å². The number of fused-ring (bicyclic) bond motifs is 1. The first-order valence-electron chi connectivity index (χ1n) is 13.3. The van der Waals surface area contributed by atoms with E-state index in [1.807, 2.05) is 19.2 Å². The van der Waals surface area contributed by atoms with Crippen molar-refractivity contribution < 1.29 is 14.3 Å². The molecule has 4 heterocycles. The molecule has 190 valence electrons. The van der Waals surface area contributed by atoms with Gasteiger partial charge >= 0.3 is 0 Å². The second-order valence-corrected chi connectivity index (χ2v) is 11.6. The Morgan fingerprint density at radius 1 is 1.20 bits per heavy atom. The minimum Gasteiger partial charge on any atom is -0.472 e. The third-order valence-corrected chi connectivity index (χ3v) is 8.56. The standard InChI is InChI=1S/C27H38N4O3S/c1-19-28-17-24(35-19)16-26(32)29-22-5-2-20(3-6-22)8-12-31-13-9-21-4-7-27(30-25(21)10-14-31)34-23-11-15-33-18-23/h4,7,17,20,22-23H,2-3,5-6,8-16,18H2,1H3,(H,29,32)/t20-,22-,23?. The van der Waals surface area contributed by atoms with Crippen LogP contribution in [0.5, 0.6) is 5.88 Å². The Morgan fingerprint density at radius 2 is 2.06 bits per heavy atom. The van der Waals surface area contributed by atoms with Gasteiger partial charge in [0.15, 0.2) is 0 Å². The fourth-order valence-corrected chi connectivity index (χ4v) is 6.35. The average Bonchev–Trinajstić information content (AvgIpc) is 3.46. The first-order chi connectivity index (χ1) is 17.1. The largest absolute Gasteiger partial charge is 0.472 e. The van der Waals surface area contributed by atoms with Gasteiger partial charge < -0.3 is 19.7 Å². The second-order valence-electron chi connectivity index (χ2n) is 10.3. The molecule has 3 aliphatic rings. The second kappa shape index (κ2) is 11.8. The fraction of sp³-hybridized carbons (Fsp3) is 0.667. The van der Waals surface area contributed by atoms with Crippen LogP contribution in [-0.4, -0.2) is 65.8 Å². The Kier molecular flexibility index (Phi) is 8.31. The summed E-state index contributed by atoms with van der Waals surface area (Å²) < 4.78 is 11.4. The van der Waals surface area contributed by atoms with Gasteiger partial charge in [-0.05, 0) is 63.5 Å². The molecule has 5 rings (SSSR count). The summed E-state index contributed by atoms with van der Waals surface area (Å²) in [6, 6.07) is 4.57. The first kappa shape index (κ1) is 24.7. The Morgan fingerprint density at radius 3 is 2.83 bits per heavy atom. The van der Waals surface area contributed by atoms with Gasteiger partial charge in [0.2, 0.25) is 11.8 Å². The Labute approximate surface area is 212 Å². The number of carbonyl (C=O) groups excluding carboxylic acids is 1. The third-order valence-electron chi connectivity index (χ3n) is 7.65. The lowest BCUT2D eigenvalue weighted by atomic mass is 9.84. The lowest BCUT2D eigenvalue weighted by Gasteiger charge is -2.30. The van der Waals surface area contributed by atoms with Gasteiger partial charge in [-0.2, -0.15) is 0 Å². The molecule has 8 heteroatoms. The van der Waals surface area contributed by atoms with E-state index in [-0.39, 0.29) is 12.0 Å². The van der Waals surface area contributed by atoms with E-state index in [4.69, 9.17) is 14.5 Å². The minimum atomic E-state index is 0.139. The number of carbonyl (C=O) groups is 1. The fourth-order valence-electron chi connectivity index (χ4n) is 5.56. The molecule has 1 N–H and O–H groups in total. The number of nitrogens with one attached hydrogen (secondary N) is 1. The van der Waals surface area contributed by atoms with Crippen LogP contribution in [0, 0.1) is 12.8 Å². The number of hydrogen-bond acceptors (Lipinski definition) is 7. The Hall–Kier alpha value is -2.03. The molecule has 1 atom stereocenters. The van der Waals surface area contributed by atoms with Gasteiger partial charge in [0, 0.05) is 54.8 Å². The summed E-state index contributed by atoms with van der Waals surface area (Å²) in [5.74, 6) is 1.66. The zero-order valence-electron chi connectivity index (χ0n) is 20.8. The van der Waals surface area contributed by atoms with Gasteiger partial charge in [-0.15, -0.1) is 11.3 Å².